The molecule has 0 amide bonds. The third kappa shape index (κ3) is 2.08. The molecule has 0 saturated carbocycles. The van der Waals surface area contributed by atoms with E-state index in [0.29, 0.717) is 18.4 Å². The van der Waals surface area contributed by atoms with Crippen molar-refractivity contribution in [2.75, 3.05) is 25.1 Å². The summed E-state index contributed by atoms with van der Waals surface area (Å²) < 4.78 is 10.8. The number of benzene rings is 1. The fourth-order valence-electron chi connectivity index (χ4n) is 3.00. The smallest absolute Gasteiger partial charge is 0.227 e. The predicted octanol–water partition coefficient (Wildman–Crippen LogP) is 2.33. The minimum Gasteiger partial charge on any atom is -0.384 e. The molecule has 2 aromatic rings. The van der Waals surface area contributed by atoms with E-state index in [1.807, 2.05) is 0 Å². The number of aromatic nitrogens is 2. The molecular formula is C15H17N3O2. The second-order valence-corrected chi connectivity index (χ2v) is 5.48. The lowest BCUT2D eigenvalue weighted by molar-refractivity contribution is 0.192. The summed E-state index contributed by atoms with van der Waals surface area (Å²) in [5.41, 5.74) is 2.57. The zero-order chi connectivity index (χ0) is 13.4. The average Bonchev–Trinajstić information content (AvgIpc) is 3.19. The Bertz CT molecular complexity index is 605. The van der Waals surface area contributed by atoms with Gasteiger partial charge in [-0.1, -0.05) is 23.4 Å². The molecule has 104 valence electrons. The van der Waals surface area contributed by atoms with Crippen molar-refractivity contribution in [2.45, 2.75) is 24.7 Å². The van der Waals surface area contributed by atoms with Gasteiger partial charge in [-0.25, -0.2) is 0 Å². The van der Waals surface area contributed by atoms with Crippen molar-refractivity contribution in [3.63, 3.8) is 0 Å². The minimum absolute atomic E-state index is 0.307. The number of ether oxygens (including phenoxy) is 1. The van der Waals surface area contributed by atoms with Crippen LogP contribution in [0.4, 0.5) is 5.69 Å². The first-order valence-electron chi connectivity index (χ1n) is 7.13. The van der Waals surface area contributed by atoms with Crippen LogP contribution < -0.4 is 5.32 Å². The van der Waals surface area contributed by atoms with Gasteiger partial charge >= 0.3 is 0 Å². The Hall–Kier alpha value is -1.88. The van der Waals surface area contributed by atoms with Crippen molar-refractivity contribution in [3.8, 4) is 0 Å². The Morgan fingerprint density at radius 1 is 1.30 bits per heavy atom. The number of fused-ring (bicyclic) bond motifs is 1. The number of nitrogens with one attached hydrogen (secondary N) is 1. The maximum Gasteiger partial charge on any atom is 0.227 e. The van der Waals surface area contributed by atoms with Gasteiger partial charge in [-0.15, -0.1) is 0 Å². The summed E-state index contributed by atoms with van der Waals surface area (Å²) in [4.78, 5) is 4.54. The molecule has 0 radical (unpaired) electrons. The molecule has 1 saturated heterocycles. The van der Waals surface area contributed by atoms with Gasteiger partial charge < -0.3 is 14.6 Å². The number of rotatable bonds is 3. The van der Waals surface area contributed by atoms with E-state index >= 15 is 0 Å². The summed E-state index contributed by atoms with van der Waals surface area (Å²) in [5.74, 6) is 2.26. The van der Waals surface area contributed by atoms with Gasteiger partial charge in [-0.05, 0) is 18.1 Å². The lowest BCUT2D eigenvalue weighted by atomic mass is 9.98. The van der Waals surface area contributed by atoms with E-state index in [9.17, 15) is 0 Å². The molecule has 0 bridgehead atoms. The normalized spacial score (nSPS) is 24.6. The van der Waals surface area contributed by atoms with Crippen molar-refractivity contribution in [1.29, 1.82) is 0 Å². The molecule has 1 aromatic heterocycles. The van der Waals surface area contributed by atoms with Crippen LogP contribution in [-0.4, -0.2) is 29.9 Å². The van der Waals surface area contributed by atoms with Crippen molar-refractivity contribution >= 4 is 5.69 Å². The molecule has 2 aliphatic heterocycles. The number of anilines is 1. The van der Waals surface area contributed by atoms with E-state index in [0.717, 1.165) is 37.7 Å². The minimum atomic E-state index is 0.307. The molecule has 1 aromatic carbocycles. The molecule has 1 N–H and O–H groups in total. The molecule has 1 fully saturated rings. The second-order valence-electron chi connectivity index (χ2n) is 5.48. The first-order chi connectivity index (χ1) is 9.90. The maximum absolute atomic E-state index is 5.41. The Labute approximate surface area is 117 Å². The van der Waals surface area contributed by atoms with Gasteiger partial charge in [-0.3, -0.25) is 0 Å². The van der Waals surface area contributed by atoms with Crippen LogP contribution in [-0.2, 0) is 11.2 Å². The van der Waals surface area contributed by atoms with Crippen LogP contribution in [0.2, 0.25) is 0 Å². The fourth-order valence-corrected chi connectivity index (χ4v) is 3.00. The summed E-state index contributed by atoms with van der Waals surface area (Å²) in [6.45, 7) is 2.45. The van der Waals surface area contributed by atoms with Gasteiger partial charge in [0.1, 0.15) is 0 Å². The SMILES string of the molecule is c1ccc2c(c1)NCC2Cc1nc(C2CCOC2)no1. The highest BCUT2D eigenvalue weighted by Gasteiger charge is 2.26. The molecular weight excluding hydrogens is 254 g/mol. The van der Waals surface area contributed by atoms with Crippen molar-refractivity contribution < 1.29 is 9.26 Å². The van der Waals surface area contributed by atoms with Crippen LogP contribution in [0.25, 0.3) is 0 Å². The number of hydrogen-bond acceptors (Lipinski definition) is 5. The van der Waals surface area contributed by atoms with E-state index in [-0.39, 0.29) is 0 Å². The van der Waals surface area contributed by atoms with Crippen molar-refractivity contribution in [1.82, 2.24) is 10.1 Å². The van der Waals surface area contributed by atoms with Gasteiger partial charge in [0.25, 0.3) is 0 Å². The summed E-state index contributed by atoms with van der Waals surface area (Å²) >= 11 is 0. The Morgan fingerprint density at radius 2 is 2.25 bits per heavy atom. The highest BCUT2D eigenvalue weighted by molar-refractivity contribution is 5.57. The lowest BCUT2D eigenvalue weighted by Crippen LogP contribution is -2.06. The molecule has 2 aliphatic rings. The van der Waals surface area contributed by atoms with Crippen LogP contribution in [0.3, 0.4) is 0 Å². The third-order valence-electron chi connectivity index (χ3n) is 4.14. The van der Waals surface area contributed by atoms with Gasteiger partial charge in [0.05, 0.1) is 6.61 Å². The van der Waals surface area contributed by atoms with E-state index in [1.165, 1.54) is 11.3 Å². The van der Waals surface area contributed by atoms with Crippen LogP contribution in [0, 0.1) is 0 Å². The Balaban J connectivity index is 1.50. The zero-order valence-corrected chi connectivity index (χ0v) is 11.2. The molecule has 4 rings (SSSR count). The standard InChI is InChI=1S/C15H17N3O2/c1-2-4-13-12(3-1)11(8-16-13)7-14-17-15(18-20-14)10-5-6-19-9-10/h1-4,10-11,16H,5-9H2. The Kier molecular flexibility index (Phi) is 2.92. The lowest BCUT2D eigenvalue weighted by Gasteiger charge is -2.06. The molecule has 5 heteroatoms. The van der Waals surface area contributed by atoms with Crippen LogP contribution in [0.15, 0.2) is 28.8 Å². The molecule has 0 aliphatic carbocycles. The number of nitrogens with zero attached hydrogens (tertiary/aromatic N) is 2. The average molecular weight is 271 g/mol. The van der Waals surface area contributed by atoms with E-state index < -0.39 is 0 Å². The highest BCUT2D eigenvalue weighted by Crippen LogP contribution is 2.33. The topological polar surface area (TPSA) is 60.2 Å². The number of para-hydroxylation sites is 1. The highest BCUT2D eigenvalue weighted by atomic mass is 16.5. The van der Waals surface area contributed by atoms with Gasteiger partial charge in [0, 0.05) is 37.1 Å². The summed E-state index contributed by atoms with van der Waals surface area (Å²) in [5, 5.41) is 7.53. The Morgan fingerprint density at radius 3 is 3.15 bits per heavy atom. The first kappa shape index (κ1) is 11.9. The first-order valence-corrected chi connectivity index (χ1v) is 7.13. The molecule has 20 heavy (non-hydrogen) atoms. The predicted molar refractivity (Wildman–Crippen MR) is 73.9 cm³/mol. The third-order valence-corrected chi connectivity index (χ3v) is 4.14. The molecule has 2 unspecified atom stereocenters. The molecule has 3 heterocycles. The van der Waals surface area contributed by atoms with Gasteiger partial charge in [-0.2, -0.15) is 4.98 Å². The van der Waals surface area contributed by atoms with Gasteiger partial charge in [0.2, 0.25) is 5.89 Å². The summed E-state index contributed by atoms with van der Waals surface area (Å²) in [6, 6.07) is 8.42. The quantitative estimate of drug-likeness (QED) is 0.928. The second kappa shape index (κ2) is 4.90. The van der Waals surface area contributed by atoms with Crippen LogP contribution in [0.5, 0.6) is 0 Å². The summed E-state index contributed by atoms with van der Waals surface area (Å²) in [7, 11) is 0. The van der Waals surface area contributed by atoms with E-state index in [2.05, 4.69) is 39.7 Å². The van der Waals surface area contributed by atoms with E-state index in [4.69, 9.17) is 9.26 Å². The largest absolute Gasteiger partial charge is 0.384 e. The van der Waals surface area contributed by atoms with Crippen molar-refractivity contribution in [2.24, 2.45) is 0 Å². The van der Waals surface area contributed by atoms with Crippen LogP contribution >= 0.6 is 0 Å². The van der Waals surface area contributed by atoms with Gasteiger partial charge in [0.15, 0.2) is 5.82 Å². The molecule has 2 atom stereocenters. The monoisotopic (exact) mass is 271 g/mol. The zero-order valence-electron chi connectivity index (χ0n) is 11.2. The van der Waals surface area contributed by atoms with Crippen LogP contribution in [0.1, 0.15) is 35.5 Å². The van der Waals surface area contributed by atoms with Crippen molar-refractivity contribution in [3.05, 3.63) is 41.5 Å². The maximum atomic E-state index is 5.41. The summed E-state index contributed by atoms with van der Waals surface area (Å²) in [6.07, 6.45) is 1.79. The van der Waals surface area contributed by atoms with E-state index in [1.54, 1.807) is 0 Å². The molecule has 0 spiro atoms. The molecule has 5 nitrogen and oxygen atoms in total. The number of hydrogen-bond donors (Lipinski definition) is 1. The fraction of sp³-hybridized carbons (Fsp3) is 0.467.